The van der Waals surface area contributed by atoms with Gasteiger partial charge in [-0.3, -0.25) is 4.79 Å². The second-order valence-corrected chi connectivity index (χ2v) is 6.96. The molecule has 0 aliphatic carbocycles. The maximum atomic E-state index is 13.2. The SMILES string of the molecule is O=C(OCc1ccccc1)c1cccc2c1C(=O)C(=CO)C1(CCNCC1)O2. The average molecular weight is 379 g/mol. The summed E-state index contributed by atoms with van der Waals surface area (Å²) in [6.45, 7) is 1.47. The van der Waals surface area contributed by atoms with E-state index in [4.69, 9.17) is 9.47 Å². The summed E-state index contributed by atoms with van der Waals surface area (Å²) in [5, 5.41) is 13.0. The van der Waals surface area contributed by atoms with Crippen LogP contribution in [0.2, 0.25) is 0 Å². The number of fused-ring (bicyclic) bond motifs is 1. The van der Waals surface area contributed by atoms with Gasteiger partial charge in [-0.1, -0.05) is 36.4 Å². The fourth-order valence-corrected chi connectivity index (χ4v) is 3.81. The van der Waals surface area contributed by atoms with Gasteiger partial charge < -0.3 is 19.9 Å². The second kappa shape index (κ2) is 7.48. The summed E-state index contributed by atoms with van der Waals surface area (Å²) in [7, 11) is 0. The zero-order valence-corrected chi connectivity index (χ0v) is 15.3. The first-order chi connectivity index (χ1) is 13.6. The number of carbonyl (C=O) groups is 2. The highest BCUT2D eigenvalue weighted by atomic mass is 16.5. The highest BCUT2D eigenvalue weighted by molar-refractivity contribution is 6.17. The first-order valence-electron chi connectivity index (χ1n) is 9.28. The predicted molar refractivity (Wildman–Crippen MR) is 103 cm³/mol. The monoisotopic (exact) mass is 379 g/mol. The van der Waals surface area contributed by atoms with Crippen molar-refractivity contribution >= 4 is 11.8 Å². The lowest BCUT2D eigenvalue weighted by atomic mass is 9.78. The standard InChI is InChI=1S/C22H21NO5/c24-13-17-20(25)19-16(21(26)27-14-15-5-2-1-3-6-15)7-4-8-18(19)28-22(17)9-11-23-12-10-22/h1-8,13,23-24H,9-12,14H2. The molecule has 1 saturated heterocycles. The molecule has 0 aromatic heterocycles. The number of benzene rings is 2. The van der Waals surface area contributed by atoms with Gasteiger partial charge in [0.1, 0.15) is 18.0 Å². The van der Waals surface area contributed by atoms with Gasteiger partial charge in [-0.15, -0.1) is 0 Å². The molecule has 2 aliphatic heterocycles. The summed E-state index contributed by atoms with van der Waals surface area (Å²) < 4.78 is 11.6. The second-order valence-electron chi connectivity index (χ2n) is 6.96. The molecule has 6 nitrogen and oxygen atoms in total. The normalized spacial score (nSPS) is 19.1. The van der Waals surface area contributed by atoms with E-state index in [0.717, 1.165) is 11.8 Å². The van der Waals surface area contributed by atoms with E-state index >= 15 is 0 Å². The largest absolute Gasteiger partial charge is 0.515 e. The fraction of sp³-hybridized carbons (Fsp3) is 0.273. The lowest BCUT2D eigenvalue weighted by Crippen LogP contribution is -2.51. The molecule has 1 spiro atoms. The van der Waals surface area contributed by atoms with Crippen LogP contribution in [0.15, 0.2) is 60.4 Å². The number of aliphatic hydroxyl groups is 1. The number of nitrogens with one attached hydrogen (secondary N) is 1. The number of ketones is 1. The van der Waals surface area contributed by atoms with Crippen LogP contribution in [0, 0.1) is 0 Å². The van der Waals surface area contributed by atoms with Crippen LogP contribution in [0.5, 0.6) is 5.75 Å². The Morgan fingerprint density at radius 1 is 1.14 bits per heavy atom. The first kappa shape index (κ1) is 18.3. The number of rotatable bonds is 3. The minimum absolute atomic E-state index is 0.108. The van der Waals surface area contributed by atoms with E-state index < -0.39 is 17.4 Å². The molecule has 0 saturated carbocycles. The summed E-state index contributed by atoms with van der Waals surface area (Å²) in [5.41, 5.74) is 0.459. The van der Waals surface area contributed by atoms with Crippen molar-refractivity contribution in [1.82, 2.24) is 5.32 Å². The Balaban J connectivity index is 1.65. The van der Waals surface area contributed by atoms with E-state index in [0.29, 0.717) is 31.7 Å². The Bertz CT molecular complexity index is 929. The van der Waals surface area contributed by atoms with Crippen molar-refractivity contribution in [3.05, 3.63) is 77.1 Å². The first-order valence-corrected chi connectivity index (χ1v) is 9.28. The molecule has 2 aromatic carbocycles. The molecule has 4 rings (SSSR count). The highest BCUT2D eigenvalue weighted by Gasteiger charge is 2.47. The summed E-state index contributed by atoms with van der Waals surface area (Å²) in [6, 6.07) is 14.2. The molecule has 0 radical (unpaired) electrons. The Morgan fingerprint density at radius 3 is 2.61 bits per heavy atom. The van der Waals surface area contributed by atoms with Crippen molar-refractivity contribution in [2.75, 3.05) is 13.1 Å². The van der Waals surface area contributed by atoms with Crippen LogP contribution in [-0.4, -0.2) is 35.5 Å². The predicted octanol–water partition coefficient (Wildman–Crippen LogP) is 3.18. The molecule has 2 heterocycles. The van der Waals surface area contributed by atoms with Crippen molar-refractivity contribution < 1.29 is 24.2 Å². The molecule has 1 fully saturated rings. The summed E-state index contributed by atoms with van der Waals surface area (Å²) >= 11 is 0. The number of ether oxygens (including phenoxy) is 2. The average Bonchev–Trinajstić information content (AvgIpc) is 2.73. The molecule has 2 aromatic rings. The maximum Gasteiger partial charge on any atom is 0.339 e. The van der Waals surface area contributed by atoms with Gasteiger partial charge in [-0.2, -0.15) is 0 Å². The van der Waals surface area contributed by atoms with Crippen LogP contribution in [0.1, 0.15) is 39.1 Å². The van der Waals surface area contributed by atoms with Crippen molar-refractivity contribution in [1.29, 1.82) is 0 Å². The lowest BCUT2D eigenvalue weighted by Gasteiger charge is -2.42. The molecule has 2 N–H and O–H groups in total. The van der Waals surface area contributed by atoms with Crippen LogP contribution in [-0.2, 0) is 11.3 Å². The van der Waals surface area contributed by atoms with E-state index in [-0.39, 0.29) is 23.3 Å². The van der Waals surface area contributed by atoms with E-state index in [9.17, 15) is 14.7 Å². The van der Waals surface area contributed by atoms with E-state index in [2.05, 4.69) is 5.32 Å². The van der Waals surface area contributed by atoms with Gasteiger partial charge in [-0.25, -0.2) is 4.79 Å². The van der Waals surface area contributed by atoms with Gasteiger partial charge in [0.2, 0.25) is 5.78 Å². The van der Waals surface area contributed by atoms with Crippen LogP contribution < -0.4 is 10.1 Å². The third-order valence-electron chi connectivity index (χ3n) is 5.27. The number of hydrogen-bond acceptors (Lipinski definition) is 6. The van der Waals surface area contributed by atoms with Gasteiger partial charge in [0.25, 0.3) is 0 Å². The Labute approximate surface area is 162 Å². The number of esters is 1. The zero-order valence-electron chi connectivity index (χ0n) is 15.3. The summed E-state index contributed by atoms with van der Waals surface area (Å²) in [5.74, 6) is -0.638. The molecular formula is C22H21NO5. The van der Waals surface area contributed by atoms with Crippen LogP contribution >= 0.6 is 0 Å². The number of aliphatic hydroxyl groups excluding tert-OH is 1. The van der Waals surface area contributed by atoms with Gasteiger partial charge in [-0.05, 0) is 30.8 Å². The van der Waals surface area contributed by atoms with Gasteiger partial charge in [0.05, 0.1) is 23.0 Å². The zero-order chi connectivity index (χ0) is 19.6. The molecule has 0 atom stereocenters. The molecule has 144 valence electrons. The third-order valence-corrected chi connectivity index (χ3v) is 5.27. The van der Waals surface area contributed by atoms with Gasteiger partial charge in [0.15, 0.2) is 0 Å². The number of piperidine rings is 1. The van der Waals surface area contributed by atoms with Crippen molar-refractivity contribution in [3.63, 3.8) is 0 Å². The molecule has 0 bridgehead atoms. The van der Waals surface area contributed by atoms with Crippen LogP contribution in [0.4, 0.5) is 0 Å². The maximum absolute atomic E-state index is 13.2. The highest BCUT2D eigenvalue weighted by Crippen LogP contribution is 2.42. The smallest absolute Gasteiger partial charge is 0.339 e. The molecular weight excluding hydrogens is 358 g/mol. The van der Waals surface area contributed by atoms with Crippen LogP contribution in [0.25, 0.3) is 0 Å². The van der Waals surface area contributed by atoms with Crippen molar-refractivity contribution in [2.24, 2.45) is 0 Å². The quantitative estimate of drug-likeness (QED) is 0.484. The molecule has 0 amide bonds. The molecule has 6 heteroatoms. The Hall–Kier alpha value is -3.12. The summed E-state index contributed by atoms with van der Waals surface area (Å²) in [6.07, 6.45) is 1.95. The van der Waals surface area contributed by atoms with Crippen LogP contribution in [0.3, 0.4) is 0 Å². The summed E-state index contributed by atoms with van der Waals surface area (Å²) in [4.78, 5) is 25.9. The minimum atomic E-state index is -0.864. The molecule has 2 aliphatic rings. The van der Waals surface area contributed by atoms with E-state index in [1.807, 2.05) is 30.3 Å². The van der Waals surface area contributed by atoms with E-state index in [1.165, 1.54) is 0 Å². The minimum Gasteiger partial charge on any atom is -0.515 e. The molecule has 28 heavy (non-hydrogen) atoms. The molecule has 0 unspecified atom stereocenters. The van der Waals surface area contributed by atoms with Crippen molar-refractivity contribution in [3.8, 4) is 5.75 Å². The number of Topliss-reactive ketones (excluding diaryl/α,β-unsaturated/α-hetero) is 1. The Kier molecular flexibility index (Phi) is 4.88. The van der Waals surface area contributed by atoms with Gasteiger partial charge in [0, 0.05) is 12.8 Å². The fourth-order valence-electron chi connectivity index (χ4n) is 3.81. The lowest BCUT2D eigenvalue weighted by molar-refractivity contribution is 0.0436. The van der Waals surface area contributed by atoms with Gasteiger partial charge >= 0.3 is 5.97 Å². The van der Waals surface area contributed by atoms with E-state index in [1.54, 1.807) is 18.2 Å². The third kappa shape index (κ3) is 3.16. The van der Waals surface area contributed by atoms with Crippen molar-refractivity contribution in [2.45, 2.75) is 25.0 Å². The Morgan fingerprint density at radius 2 is 1.89 bits per heavy atom. The number of hydrogen-bond donors (Lipinski definition) is 2. The number of carbonyl (C=O) groups excluding carboxylic acids is 2. The topological polar surface area (TPSA) is 84.9 Å².